The molecule has 0 spiro atoms. The van der Waals surface area contributed by atoms with Gasteiger partial charge in [0, 0.05) is 58.5 Å². The van der Waals surface area contributed by atoms with E-state index in [-0.39, 0.29) is 82.2 Å². The Morgan fingerprint density at radius 3 is 1.04 bits per heavy atom. The zero-order chi connectivity index (χ0) is 48.7. The minimum Gasteiger partial charge on any atom is -0.368 e. The number of benzene rings is 3. The van der Waals surface area contributed by atoms with Crippen molar-refractivity contribution >= 4 is 35.4 Å². The normalized spacial score (nSPS) is 12.4. The molecule has 0 saturated carbocycles. The molecule has 0 radical (unpaired) electrons. The highest BCUT2D eigenvalue weighted by atomic mass is 16.2. The zero-order valence-corrected chi connectivity index (χ0v) is 39.5. The average molecular weight is 927 g/mol. The van der Waals surface area contributed by atoms with E-state index in [1.807, 2.05) is 91.0 Å². The van der Waals surface area contributed by atoms with Gasteiger partial charge in [-0.3, -0.25) is 28.8 Å². The zero-order valence-electron chi connectivity index (χ0n) is 39.5. The van der Waals surface area contributed by atoms with Crippen molar-refractivity contribution in [3.05, 3.63) is 108 Å². The molecule has 16 nitrogen and oxygen atoms in total. The highest BCUT2D eigenvalue weighted by Crippen LogP contribution is 2.17. The molecule has 0 unspecified atom stereocenters. The molecule has 3 aromatic carbocycles. The molecule has 368 valence electrons. The molecule has 67 heavy (non-hydrogen) atoms. The first-order valence-electron chi connectivity index (χ1n) is 24.2. The van der Waals surface area contributed by atoms with Crippen LogP contribution in [0.15, 0.2) is 91.0 Å². The van der Waals surface area contributed by atoms with Crippen LogP contribution in [0.2, 0.25) is 0 Å². The Bertz CT molecular complexity index is 1890. The van der Waals surface area contributed by atoms with Crippen LogP contribution in [0.25, 0.3) is 0 Å². The van der Waals surface area contributed by atoms with E-state index in [0.29, 0.717) is 96.7 Å². The highest BCUT2D eigenvalue weighted by Gasteiger charge is 2.33. The smallest absolute Gasteiger partial charge is 0.242 e. The quantitative estimate of drug-likeness (QED) is 0.0424. The van der Waals surface area contributed by atoms with Gasteiger partial charge in [-0.2, -0.15) is 0 Å². The number of hydrogen-bond acceptors (Lipinski definition) is 10. The molecule has 0 aliphatic heterocycles. The summed E-state index contributed by atoms with van der Waals surface area (Å²) in [6, 6.07) is 26.1. The van der Waals surface area contributed by atoms with Crippen molar-refractivity contribution in [1.82, 2.24) is 25.3 Å². The first-order chi connectivity index (χ1) is 32.5. The van der Waals surface area contributed by atoms with Crippen LogP contribution in [0.4, 0.5) is 0 Å². The number of nitrogens with one attached hydrogen (secondary N) is 2. The van der Waals surface area contributed by atoms with Crippen molar-refractivity contribution in [2.24, 2.45) is 28.7 Å². The van der Waals surface area contributed by atoms with E-state index in [2.05, 4.69) is 10.6 Å². The Morgan fingerprint density at radius 2 is 0.731 bits per heavy atom. The third-order valence-corrected chi connectivity index (χ3v) is 11.9. The average Bonchev–Trinajstić information content (AvgIpc) is 3.34. The van der Waals surface area contributed by atoms with Crippen LogP contribution < -0.4 is 39.3 Å². The number of carbonyl (C=O) groups is 6. The van der Waals surface area contributed by atoms with E-state index >= 15 is 0 Å². The summed E-state index contributed by atoms with van der Waals surface area (Å²) >= 11 is 0. The van der Waals surface area contributed by atoms with Crippen molar-refractivity contribution in [2.45, 2.75) is 114 Å². The third-order valence-electron chi connectivity index (χ3n) is 11.9. The van der Waals surface area contributed by atoms with Crippen LogP contribution in [-0.4, -0.2) is 127 Å². The molecule has 0 saturated heterocycles. The van der Waals surface area contributed by atoms with Crippen LogP contribution >= 0.6 is 0 Å². The predicted molar refractivity (Wildman–Crippen MR) is 264 cm³/mol. The number of aryl methyl sites for hydroxylation is 3. The summed E-state index contributed by atoms with van der Waals surface area (Å²) in [5, 5.41) is 5.96. The van der Waals surface area contributed by atoms with E-state index < -0.39 is 29.9 Å². The fourth-order valence-electron chi connectivity index (χ4n) is 8.21. The Balaban J connectivity index is 1.86. The molecule has 0 aliphatic carbocycles. The molecular weight excluding hydrogens is 849 g/mol. The lowest BCUT2D eigenvalue weighted by atomic mass is 10.0. The van der Waals surface area contributed by atoms with Crippen LogP contribution in [0, 0.1) is 0 Å². The van der Waals surface area contributed by atoms with Crippen molar-refractivity contribution in [3.63, 3.8) is 0 Å². The van der Waals surface area contributed by atoms with Crippen molar-refractivity contribution < 1.29 is 28.8 Å². The maximum absolute atomic E-state index is 14.4. The van der Waals surface area contributed by atoms with E-state index in [1.54, 1.807) is 4.90 Å². The van der Waals surface area contributed by atoms with Crippen molar-refractivity contribution in [3.8, 4) is 0 Å². The van der Waals surface area contributed by atoms with Gasteiger partial charge in [-0.25, -0.2) is 0 Å². The summed E-state index contributed by atoms with van der Waals surface area (Å²) < 4.78 is 0. The number of primary amides is 1. The van der Waals surface area contributed by atoms with Gasteiger partial charge in [-0.05, 0) is 113 Å². The summed E-state index contributed by atoms with van der Waals surface area (Å²) in [6.07, 6.45) is 6.50. The monoisotopic (exact) mass is 927 g/mol. The first kappa shape index (κ1) is 55.6. The van der Waals surface area contributed by atoms with Crippen LogP contribution in [0.3, 0.4) is 0 Å². The topological polar surface area (TPSA) is 266 Å². The molecule has 3 rings (SSSR count). The van der Waals surface area contributed by atoms with Gasteiger partial charge in [0.15, 0.2) is 0 Å². The molecular formula is C51H78N10O6. The van der Waals surface area contributed by atoms with Crippen LogP contribution in [0.5, 0.6) is 0 Å². The van der Waals surface area contributed by atoms with Crippen molar-refractivity contribution in [2.75, 3.05) is 58.9 Å². The Hall–Kier alpha value is -5.68. The van der Waals surface area contributed by atoms with Crippen LogP contribution in [-0.2, 0) is 48.0 Å². The number of amides is 6. The maximum Gasteiger partial charge on any atom is 0.242 e. The third kappa shape index (κ3) is 20.8. The predicted octanol–water partition coefficient (Wildman–Crippen LogP) is 2.54. The van der Waals surface area contributed by atoms with E-state index in [9.17, 15) is 28.8 Å². The number of nitrogens with zero attached hydrogens (tertiary/aromatic N) is 3. The second-order valence-electron chi connectivity index (χ2n) is 16.9. The lowest BCUT2D eigenvalue weighted by molar-refractivity contribution is -0.142. The van der Waals surface area contributed by atoms with Gasteiger partial charge < -0.3 is 54.0 Å². The molecule has 12 N–H and O–H groups in total. The standard InChI is InChI=1S/C51H78N10O6/c52-31-13-10-22-43(49(56)65)60(47(63)29-26-41-18-6-2-7-19-41)38-35-57-51(67)45(24-12-15-33-54)61(48(64)30-27-42-20-8-3-9-21-42)39-36-58-50(66)44(23-11-14-32-53)59(37-34-55)46(62)28-25-40-16-4-1-5-17-40/h1-9,16-21,43-45H,10-15,22-39,52-55H2,(H2,56,65)(H,57,67)(H,58,66)/t43-,44-,45-/m0/s1. The first-order valence-corrected chi connectivity index (χ1v) is 24.2. The Kier molecular flexibility index (Phi) is 27.3. The maximum atomic E-state index is 14.4. The minimum absolute atomic E-state index is 0.00340. The highest BCUT2D eigenvalue weighted by molar-refractivity contribution is 5.89. The summed E-state index contributed by atoms with van der Waals surface area (Å²) in [4.78, 5) is 87.7. The molecule has 0 heterocycles. The summed E-state index contributed by atoms with van der Waals surface area (Å²) in [7, 11) is 0. The molecule has 0 bridgehead atoms. The summed E-state index contributed by atoms with van der Waals surface area (Å²) in [6.45, 7) is 1.61. The minimum atomic E-state index is -0.945. The Morgan fingerprint density at radius 1 is 0.418 bits per heavy atom. The van der Waals surface area contributed by atoms with E-state index in [4.69, 9.17) is 28.7 Å². The molecule has 3 atom stereocenters. The lowest BCUT2D eigenvalue weighted by Crippen LogP contribution is -2.55. The van der Waals surface area contributed by atoms with Gasteiger partial charge >= 0.3 is 0 Å². The largest absolute Gasteiger partial charge is 0.368 e. The molecule has 6 amide bonds. The molecule has 3 aromatic rings. The van der Waals surface area contributed by atoms with Gasteiger partial charge in [-0.15, -0.1) is 0 Å². The molecule has 16 heteroatoms. The number of nitrogens with two attached hydrogens (primary N) is 5. The van der Waals surface area contributed by atoms with Crippen molar-refractivity contribution in [1.29, 1.82) is 0 Å². The van der Waals surface area contributed by atoms with Gasteiger partial charge in [-0.1, -0.05) is 91.0 Å². The van der Waals surface area contributed by atoms with Gasteiger partial charge in [0.2, 0.25) is 35.4 Å². The number of carbonyl (C=O) groups excluding carboxylic acids is 6. The van der Waals surface area contributed by atoms with E-state index in [0.717, 1.165) is 16.7 Å². The lowest BCUT2D eigenvalue weighted by Gasteiger charge is -2.34. The number of rotatable bonds is 35. The second kappa shape index (κ2) is 32.9. The summed E-state index contributed by atoms with van der Waals surface area (Å²) in [5.41, 5.74) is 32.3. The molecule has 0 fully saturated rings. The second-order valence-corrected chi connectivity index (χ2v) is 16.9. The summed E-state index contributed by atoms with van der Waals surface area (Å²) in [5.74, 6) is -2.20. The number of hydrogen-bond donors (Lipinski definition) is 7. The van der Waals surface area contributed by atoms with E-state index in [1.165, 1.54) is 9.80 Å². The van der Waals surface area contributed by atoms with Gasteiger partial charge in [0.1, 0.15) is 18.1 Å². The number of unbranched alkanes of at least 4 members (excludes halogenated alkanes) is 3. The molecule has 0 aliphatic rings. The van der Waals surface area contributed by atoms with Gasteiger partial charge in [0.25, 0.3) is 0 Å². The fraction of sp³-hybridized carbons (Fsp3) is 0.529. The van der Waals surface area contributed by atoms with Crippen LogP contribution in [0.1, 0.15) is 93.7 Å². The molecule has 0 aromatic heterocycles. The SMILES string of the molecule is NCCCC[C@@H](C(N)=O)N(CCNC(=O)[C@H](CCCCN)N(CCNC(=O)[C@H](CCCCN)N(CCN)C(=O)CCc1ccccc1)C(=O)CCc1ccccc1)C(=O)CCc1ccccc1. The fourth-order valence-corrected chi connectivity index (χ4v) is 8.21. The van der Waals surface area contributed by atoms with Gasteiger partial charge in [0.05, 0.1) is 0 Å². The Labute approximate surface area is 398 Å².